The highest BCUT2D eigenvalue weighted by atomic mass is 16.6. The van der Waals surface area contributed by atoms with Gasteiger partial charge in [0.15, 0.2) is 11.5 Å². The standard InChI is InChI=1S/C13H16O4/c1-9-13(14,4-5-15-9)10-2-3-11-12(8-10)17-7-6-16-11/h2-3,8-9,14H,4-7H2,1H3. The van der Waals surface area contributed by atoms with Crippen molar-refractivity contribution in [3.8, 4) is 11.5 Å². The van der Waals surface area contributed by atoms with Crippen LogP contribution in [0.25, 0.3) is 0 Å². The first-order valence-electron chi connectivity index (χ1n) is 5.94. The van der Waals surface area contributed by atoms with Crippen LogP contribution in [0.3, 0.4) is 0 Å². The van der Waals surface area contributed by atoms with Crippen LogP contribution in [-0.4, -0.2) is 31.0 Å². The van der Waals surface area contributed by atoms with Crippen molar-refractivity contribution in [3.63, 3.8) is 0 Å². The molecule has 0 radical (unpaired) electrons. The van der Waals surface area contributed by atoms with Gasteiger partial charge >= 0.3 is 0 Å². The molecule has 92 valence electrons. The minimum atomic E-state index is -0.907. The summed E-state index contributed by atoms with van der Waals surface area (Å²) in [6.45, 7) is 3.62. The first-order chi connectivity index (χ1) is 8.20. The third-order valence-corrected chi connectivity index (χ3v) is 3.57. The highest BCUT2D eigenvalue weighted by Crippen LogP contribution is 2.40. The molecular formula is C13H16O4. The number of fused-ring (bicyclic) bond motifs is 1. The molecular weight excluding hydrogens is 220 g/mol. The summed E-state index contributed by atoms with van der Waals surface area (Å²) in [4.78, 5) is 0. The highest BCUT2D eigenvalue weighted by molar-refractivity contribution is 5.45. The summed E-state index contributed by atoms with van der Waals surface area (Å²) in [5.74, 6) is 1.46. The van der Waals surface area contributed by atoms with E-state index in [0.717, 1.165) is 11.3 Å². The van der Waals surface area contributed by atoms with E-state index in [-0.39, 0.29) is 6.10 Å². The maximum absolute atomic E-state index is 10.6. The van der Waals surface area contributed by atoms with E-state index >= 15 is 0 Å². The molecule has 0 spiro atoms. The normalized spacial score (nSPS) is 31.5. The lowest BCUT2D eigenvalue weighted by molar-refractivity contribution is -0.0319. The quantitative estimate of drug-likeness (QED) is 0.801. The first kappa shape index (κ1) is 10.9. The molecule has 1 aromatic carbocycles. The monoisotopic (exact) mass is 236 g/mol. The molecule has 1 saturated heterocycles. The molecule has 2 atom stereocenters. The zero-order chi connectivity index (χ0) is 11.9. The molecule has 4 nitrogen and oxygen atoms in total. The molecule has 4 heteroatoms. The number of ether oxygens (including phenoxy) is 3. The summed E-state index contributed by atoms with van der Waals surface area (Å²) < 4.78 is 16.4. The van der Waals surface area contributed by atoms with E-state index in [1.54, 1.807) is 0 Å². The van der Waals surface area contributed by atoms with Gasteiger partial charge < -0.3 is 19.3 Å². The summed E-state index contributed by atoms with van der Waals surface area (Å²) in [6, 6.07) is 5.60. The maximum Gasteiger partial charge on any atom is 0.161 e. The zero-order valence-corrected chi connectivity index (χ0v) is 9.81. The Morgan fingerprint density at radius 2 is 1.94 bits per heavy atom. The maximum atomic E-state index is 10.6. The SMILES string of the molecule is CC1OCCC1(O)c1ccc2c(c1)OCCO2. The fourth-order valence-electron chi connectivity index (χ4n) is 2.42. The van der Waals surface area contributed by atoms with E-state index in [4.69, 9.17) is 14.2 Å². The largest absolute Gasteiger partial charge is 0.486 e. The van der Waals surface area contributed by atoms with Crippen LogP contribution in [-0.2, 0) is 10.3 Å². The molecule has 17 heavy (non-hydrogen) atoms. The number of hydrogen-bond acceptors (Lipinski definition) is 4. The predicted molar refractivity (Wildman–Crippen MR) is 61.4 cm³/mol. The Morgan fingerprint density at radius 1 is 1.18 bits per heavy atom. The molecule has 0 saturated carbocycles. The van der Waals surface area contributed by atoms with Crippen LogP contribution in [0, 0.1) is 0 Å². The second kappa shape index (κ2) is 3.89. The second-order valence-electron chi connectivity index (χ2n) is 4.55. The van der Waals surface area contributed by atoms with E-state index < -0.39 is 5.60 Å². The van der Waals surface area contributed by atoms with Gasteiger partial charge in [-0.25, -0.2) is 0 Å². The summed E-state index contributed by atoms with van der Waals surface area (Å²) in [6.07, 6.45) is 0.429. The molecule has 2 heterocycles. The van der Waals surface area contributed by atoms with Crippen LogP contribution in [0.2, 0.25) is 0 Å². The highest BCUT2D eigenvalue weighted by Gasteiger charge is 2.41. The molecule has 2 unspecified atom stereocenters. The molecule has 0 aromatic heterocycles. The number of rotatable bonds is 1. The van der Waals surface area contributed by atoms with Crippen LogP contribution >= 0.6 is 0 Å². The Labute approximate surface area is 100 Å². The number of aliphatic hydroxyl groups is 1. The van der Waals surface area contributed by atoms with Gasteiger partial charge in [-0.3, -0.25) is 0 Å². The average molecular weight is 236 g/mol. The minimum Gasteiger partial charge on any atom is -0.486 e. The van der Waals surface area contributed by atoms with Crippen molar-refractivity contribution in [2.24, 2.45) is 0 Å². The topological polar surface area (TPSA) is 47.9 Å². The summed E-state index contributed by atoms with van der Waals surface area (Å²) in [7, 11) is 0. The summed E-state index contributed by atoms with van der Waals surface area (Å²) >= 11 is 0. The molecule has 1 fully saturated rings. The van der Waals surface area contributed by atoms with Gasteiger partial charge in [0.1, 0.15) is 18.8 Å². The first-order valence-corrected chi connectivity index (χ1v) is 5.94. The van der Waals surface area contributed by atoms with Crippen molar-refractivity contribution in [2.45, 2.75) is 25.0 Å². The van der Waals surface area contributed by atoms with Crippen LogP contribution in [0.5, 0.6) is 11.5 Å². The molecule has 2 aliphatic heterocycles. The average Bonchev–Trinajstić information content (AvgIpc) is 2.70. The molecule has 3 rings (SSSR count). The molecule has 1 aromatic rings. The zero-order valence-electron chi connectivity index (χ0n) is 9.81. The fraction of sp³-hybridized carbons (Fsp3) is 0.538. The van der Waals surface area contributed by atoms with Crippen LogP contribution < -0.4 is 9.47 Å². The lowest BCUT2D eigenvalue weighted by Crippen LogP contribution is -2.33. The minimum absolute atomic E-state index is 0.190. The second-order valence-corrected chi connectivity index (χ2v) is 4.55. The van der Waals surface area contributed by atoms with Gasteiger partial charge in [0, 0.05) is 6.42 Å². The van der Waals surface area contributed by atoms with Crippen molar-refractivity contribution >= 4 is 0 Å². The Kier molecular flexibility index (Phi) is 2.49. The van der Waals surface area contributed by atoms with Crippen molar-refractivity contribution in [2.75, 3.05) is 19.8 Å². The smallest absolute Gasteiger partial charge is 0.161 e. The van der Waals surface area contributed by atoms with Crippen molar-refractivity contribution < 1.29 is 19.3 Å². The van der Waals surface area contributed by atoms with Gasteiger partial charge in [0.2, 0.25) is 0 Å². The third kappa shape index (κ3) is 1.68. The summed E-state index contributed by atoms with van der Waals surface area (Å²) in [5.41, 5.74) is -0.0673. The van der Waals surface area contributed by atoms with Gasteiger partial charge in [-0.1, -0.05) is 6.07 Å². The molecule has 0 aliphatic carbocycles. The lowest BCUT2D eigenvalue weighted by Gasteiger charge is -2.28. The van der Waals surface area contributed by atoms with Gasteiger partial charge in [-0.15, -0.1) is 0 Å². The Bertz CT molecular complexity index is 431. The van der Waals surface area contributed by atoms with Crippen LogP contribution in [0.4, 0.5) is 0 Å². The van der Waals surface area contributed by atoms with E-state index in [1.807, 2.05) is 25.1 Å². The van der Waals surface area contributed by atoms with E-state index in [9.17, 15) is 5.11 Å². The molecule has 1 N–H and O–H groups in total. The van der Waals surface area contributed by atoms with Crippen molar-refractivity contribution in [1.29, 1.82) is 0 Å². The van der Waals surface area contributed by atoms with Crippen molar-refractivity contribution in [3.05, 3.63) is 23.8 Å². The van der Waals surface area contributed by atoms with Crippen LogP contribution in [0.15, 0.2) is 18.2 Å². The Morgan fingerprint density at radius 3 is 2.65 bits per heavy atom. The van der Waals surface area contributed by atoms with Gasteiger partial charge in [-0.05, 0) is 24.6 Å². The third-order valence-electron chi connectivity index (χ3n) is 3.57. The Hall–Kier alpha value is -1.26. The van der Waals surface area contributed by atoms with Gasteiger partial charge in [0.25, 0.3) is 0 Å². The predicted octanol–water partition coefficient (Wildman–Crippen LogP) is 1.45. The van der Waals surface area contributed by atoms with Gasteiger partial charge in [0.05, 0.1) is 12.7 Å². The molecule has 2 aliphatic rings. The van der Waals surface area contributed by atoms with E-state index in [2.05, 4.69) is 0 Å². The molecule has 0 bridgehead atoms. The number of hydrogen-bond donors (Lipinski definition) is 1. The van der Waals surface area contributed by atoms with E-state index in [0.29, 0.717) is 32.0 Å². The van der Waals surface area contributed by atoms with Crippen LogP contribution in [0.1, 0.15) is 18.9 Å². The lowest BCUT2D eigenvalue weighted by atomic mass is 9.88. The fourth-order valence-corrected chi connectivity index (χ4v) is 2.42. The van der Waals surface area contributed by atoms with Gasteiger partial charge in [-0.2, -0.15) is 0 Å². The van der Waals surface area contributed by atoms with E-state index in [1.165, 1.54) is 0 Å². The number of benzene rings is 1. The Balaban J connectivity index is 1.98. The van der Waals surface area contributed by atoms with Crippen molar-refractivity contribution in [1.82, 2.24) is 0 Å². The molecule has 0 amide bonds. The summed E-state index contributed by atoms with van der Waals surface area (Å²) in [5, 5.41) is 10.6.